The lowest BCUT2D eigenvalue weighted by Crippen LogP contribution is -2.41. The van der Waals surface area contributed by atoms with Crippen LogP contribution in [-0.2, 0) is 9.53 Å². The van der Waals surface area contributed by atoms with Gasteiger partial charge in [-0.2, -0.15) is 0 Å². The highest BCUT2D eigenvalue weighted by Crippen LogP contribution is 2.06. The van der Waals surface area contributed by atoms with E-state index in [1.165, 1.54) is 0 Å². The van der Waals surface area contributed by atoms with Gasteiger partial charge in [-0.3, -0.25) is 9.69 Å². The Morgan fingerprint density at radius 1 is 1.24 bits per heavy atom. The van der Waals surface area contributed by atoms with Gasteiger partial charge in [0.05, 0.1) is 0 Å². The Labute approximate surface area is 127 Å². The molecule has 1 aliphatic heterocycles. The summed E-state index contributed by atoms with van der Waals surface area (Å²) in [6, 6.07) is 0. The summed E-state index contributed by atoms with van der Waals surface area (Å²) in [4.78, 5) is 26.4. The maximum atomic E-state index is 11.6. The highest BCUT2D eigenvalue weighted by molar-refractivity contribution is 5.67. The number of carbonyl (C=O) groups excluding carboxylic acids is 2. The van der Waals surface area contributed by atoms with Crippen LogP contribution < -0.4 is 10.6 Å². The number of rotatable bonds is 4. The molecule has 1 aliphatic rings. The largest absolute Gasteiger partial charge is 0.444 e. The molecule has 7 heteroatoms. The zero-order valence-electron chi connectivity index (χ0n) is 13.4. The standard InChI is InChI=1S/C14H28N4O3/c1-14(2,3)21-13(20)16-6-9-17-7-4-15-5-8-18(12-19)11-10-17/h12,15H,4-11H2,1-3H3,(H,16,20). The van der Waals surface area contributed by atoms with E-state index in [0.717, 1.165) is 52.2 Å². The molecule has 0 atom stereocenters. The minimum absolute atomic E-state index is 0.389. The van der Waals surface area contributed by atoms with Crippen molar-refractivity contribution in [1.82, 2.24) is 20.4 Å². The lowest BCUT2D eigenvalue weighted by atomic mass is 10.2. The molecule has 0 aromatic rings. The summed E-state index contributed by atoms with van der Waals surface area (Å²) in [6.07, 6.45) is 0.504. The van der Waals surface area contributed by atoms with Crippen LogP contribution in [0.25, 0.3) is 0 Å². The van der Waals surface area contributed by atoms with Gasteiger partial charge in [0.15, 0.2) is 0 Å². The summed E-state index contributed by atoms with van der Waals surface area (Å²) in [6.45, 7) is 11.7. The van der Waals surface area contributed by atoms with E-state index in [0.29, 0.717) is 6.54 Å². The minimum Gasteiger partial charge on any atom is -0.444 e. The fraction of sp³-hybridized carbons (Fsp3) is 0.857. The molecule has 0 spiro atoms. The molecular formula is C14H28N4O3. The number of ether oxygens (including phenoxy) is 1. The molecule has 0 aliphatic carbocycles. The zero-order valence-corrected chi connectivity index (χ0v) is 13.4. The van der Waals surface area contributed by atoms with Gasteiger partial charge in [-0.15, -0.1) is 0 Å². The lowest BCUT2D eigenvalue weighted by molar-refractivity contribution is -0.118. The molecule has 2 N–H and O–H groups in total. The van der Waals surface area contributed by atoms with Crippen LogP contribution in [-0.4, -0.2) is 80.3 Å². The van der Waals surface area contributed by atoms with Crippen LogP contribution >= 0.6 is 0 Å². The van der Waals surface area contributed by atoms with E-state index in [-0.39, 0.29) is 6.09 Å². The third-order valence-electron chi connectivity index (χ3n) is 3.13. The number of hydrogen-bond donors (Lipinski definition) is 2. The van der Waals surface area contributed by atoms with Crippen molar-refractivity contribution >= 4 is 12.5 Å². The molecule has 21 heavy (non-hydrogen) atoms. The number of alkyl carbamates (subject to hydrolysis) is 1. The van der Waals surface area contributed by atoms with E-state index < -0.39 is 5.60 Å². The van der Waals surface area contributed by atoms with Crippen molar-refractivity contribution in [3.8, 4) is 0 Å². The van der Waals surface area contributed by atoms with E-state index in [9.17, 15) is 9.59 Å². The predicted molar refractivity (Wildman–Crippen MR) is 81.2 cm³/mol. The Morgan fingerprint density at radius 3 is 2.62 bits per heavy atom. The molecule has 122 valence electrons. The van der Waals surface area contributed by atoms with Gasteiger partial charge < -0.3 is 20.3 Å². The molecule has 7 nitrogen and oxygen atoms in total. The summed E-state index contributed by atoms with van der Waals surface area (Å²) in [7, 11) is 0. The fourth-order valence-corrected chi connectivity index (χ4v) is 2.04. The van der Waals surface area contributed by atoms with Crippen LogP contribution in [0.15, 0.2) is 0 Å². The highest BCUT2D eigenvalue weighted by Gasteiger charge is 2.16. The average Bonchev–Trinajstić information content (AvgIpc) is 2.48. The van der Waals surface area contributed by atoms with Crippen LogP contribution in [0, 0.1) is 0 Å². The van der Waals surface area contributed by atoms with Crippen molar-refractivity contribution in [2.24, 2.45) is 0 Å². The number of nitrogens with one attached hydrogen (secondary N) is 2. The first-order valence-corrected chi connectivity index (χ1v) is 7.50. The maximum Gasteiger partial charge on any atom is 0.407 e. The first-order valence-electron chi connectivity index (χ1n) is 7.50. The Balaban J connectivity index is 2.28. The number of carbonyl (C=O) groups is 2. The quantitative estimate of drug-likeness (QED) is 0.708. The van der Waals surface area contributed by atoms with E-state index in [2.05, 4.69) is 15.5 Å². The first kappa shape index (κ1) is 17.7. The molecule has 0 aromatic heterocycles. The average molecular weight is 300 g/mol. The molecule has 1 rings (SSSR count). The summed E-state index contributed by atoms with van der Waals surface area (Å²) >= 11 is 0. The van der Waals surface area contributed by atoms with Crippen molar-refractivity contribution in [3.63, 3.8) is 0 Å². The van der Waals surface area contributed by atoms with Crippen molar-refractivity contribution < 1.29 is 14.3 Å². The fourth-order valence-electron chi connectivity index (χ4n) is 2.04. The highest BCUT2D eigenvalue weighted by atomic mass is 16.6. The van der Waals surface area contributed by atoms with Gasteiger partial charge in [-0.05, 0) is 20.8 Å². The third kappa shape index (κ3) is 8.52. The second-order valence-corrected chi connectivity index (χ2v) is 6.16. The van der Waals surface area contributed by atoms with Gasteiger partial charge in [0.1, 0.15) is 5.60 Å². The minimum atomic E-state index is -0.475. The lowest BCUT2D eigenvalue weighted by Gasteiger charge is -2.24. The van der Waals surface area contributed by atoms with Crippen LogP contribution in [0.1, 0.15) is 20.8 Å². The maximum absolute atomic E-state index is 11.6. The number of amides is 2. The van der Waals surface area contributed by atoms with Crippen molar-refractivity contribution in [1.29, 1.82) is 0 Å². The SMILES string of the molecule is CC(C)(C)OC(=O)NCCN1CCNCCN(C=O)CC1. The topological polar surface area (TPSA) is 73.9 Å². The molecule has 0 bridgehead atoms. The van der Waals surface area contributed by atoms with Gasteiger partial charge in [0, 0.05) is 52.4 Å². The molecule has 1 heterocycles. The van der Waals surface area contributed by atoms with E-state index in [1.54, 1.807) is 4.90 Å². The van der Waals surface area contributed by atoms with E-state index in [4.69, 9.17) is 4.74 Å². The summed E-state index contributed by atoms with van der Waals surface area (Å²) < 4.78 is 5.19. The van der Waals surface area contributed by atoms with Crippen LogP contribution in [0.4, 0.5) is 4.79 Å². The molecule has 2 amide bonds. The Morgan fingerprint density at radius 2 is 1.95 bits per heavy atom. The zero-order chi connectivity index (χ0) is 15.7. The molecule has 0 saturated carbocycles. The van der Waals surface area contributed by atoms with Crippen LogP contribution in [0.5, 0.6) is 0 Å². The second kappa shape index (κ2) is 8.84. The van der Waals surface area contributed by atoms with Gasteiger partial charge in [-0.25, -0.2) is 4.79 Å². The van der Waals surface area contributed by atoms with E-state index >= 15 is 0 Å². The van der Waals surface area contributed by atoms with Crippen LogP contribution in [0.3, 0.4) is 0 Å². The Hall–Kier alpha value is -1.34. The smallest absolute Gasteiger partial charge is 0.407 e. The van der Waals surface area contributed by atoms with Gasteiger partial charge in [-0.1, -0.05) is 0 Å². The molecule has 0 aromatic carbocycles. The summed E-state index contributed by atoms with van der Waals surface area (Å²) in [5.41, 5.74) is -0.475. The first-order chi connectivity index (χ1) is 9.90. The van der Waals surface area contributed by atoms with E-state index in [1.807, 2.05) is 20.8 Å². The number of nitrogens with zero attached hydrogens (tertiary/aromatic N) is 2. The molecule has 1 fully saturated rings. The van der Waals surface area contributed by atoms with Crippen molar-refractivity contribution in [3.05, 3.63) is 0 Å². The molecule has 1 saturated heterocycles. The predicted octanol–water partition coefficient (Wildman–Crippen LogP) is -0.125. The summed E-state index contributed by atoms with van der Waals surface area (Å²) in [5.74, 6) is 0. The van der Waals surface area contributed by atoms with Gasteiger partial charge in [0.25, 0.3) is 0 Å². The van der Waals surface area contributed by atoms with Crippen molar-refractivity contribution in [2.45, 2.75) is 26.4 Å². The Kier molecular flexibility index (Phi) is 7.45. The van der Waals surface area contributed by atoms with Crippen LogP contribution in [0.2, 0.25) is 0 Å². The summed E-state index contributed by atoms with van der Waals surface area (Å²) in [5, 5.41) is 6.05. The number of hydrogen-bond acceptors (Lipinski definition) is 5. The second-order valence-electron chi connectivity index (χ2n) is 6.16. The normalized spacial score (nSPS) is 18.3. The van der Waals surface area contributed by atoms with Crippen molar-refractivity contribution in [2.75, 3.05) is 52.4 Å². The van der Waals surface area contributed by atoms with Gasteiger partial charge in [0.2, 0.25) is 6.41 Å². The van der Waals surface area contributed by atoms with Gasteiger partial charge >= 0.3 is 6.09 Å². The third-order valence-corrected chi connectivity index (χ3v) is 3.13. The monoisotopic (exact) mass is 300 g/mol. The molecule has 0 radical (unpaired) electrons. The molecular weight excluding hydrogens is 272 g/mol. The molecule has 0 unspecified atom stereocenters. The Bertz CT molecular complexity index is 331.